The molecule has 3 aromatic carbocycles. The highest BCUT2D eigenvalue weighted by molar-refractivity contribution is 6.00. The van der Waals surface area contributed by atoms with Crippen LogP contribution in [0.5, 0.6) is 0 Å². The fraction of sp³-hybridized carbons (Fsp3) is 0.200. The van der Waals surface area contributed by atoms with E-state index < -0.39 is 17.4 Å². The lowest BCUT2D eigenvalue weighted by molar-refractivity contribution is -0.120. The summed E-state index contributed by atoms with van der Waals surface area (Å²) in [5.74, 6) is 0.214. The fourth-order valence-corrected chi connectivity index (χ4v) is 4.26. The number of hydrogen-bond acceptors (Lipinski definition) is 4. The van der Waals surface area contributed by atoms with Crippen LogP contribution in [0.4, 0.5) is 0 Å². The molecular formula is C25H26N4O. The summed E-state index contributed by atoms with van der Waals surface area (Å²) in [5, 5.41) is 3.50. The maximum atomic E-state index is 11.6. The largest absolute Gasteiger partial charge is 0.372 e. The van der Waals surface area contributed by atoms with Gasteiger partial charge >= 0.3 is 0 Å². The minimum atomic E-state index is -0.720. The zero-order chi connectivity index (χ0) is 21.0. The molecule has 1 aliphatic rings. The second-order valence-electron chi connectivity index (χ2n) is 7.61. The molecule has 152 valence electrons. The Hall–Kier alpha value is -3.44. The number of rotatable bonds is 6. The molecule has 0 aromatic heterocycles. The lowest BCUT2D eigenvalue weighted by Crippen LogP contribution is -2.55. The standard InChI is InChI=1S/C25H26N4O/c26-22(23(27)30)18-16-28-24(29-17-18)25(19-10-4-1-5-11-19,20-12-6-2-7-13-20)21-14-8-3-9-15-21/h1-15,18,22H,16-17,26H2,(H2,27,30)(H,28,29). The van der Waals surface area contributed by atoms with E-state index in [1.54, 1.807) is 0 Å². The van der Waals surface area contributed by atoms with Crippen LogP contribution < -0.4 is 16.8 Å². The highest BCUT2D eigenvalue weighted by Gasteiger charge is 2.43. The van der Waals surface area contributed by atoms with E-state index in [0.717, 1.165) is 22.5 Å². The smallest absolute Gasteiger partial charge is 0.234 e. The zero-order valence-electron chi connectivity index (χ0n) is 16.7. The van der Waals surface area contributed by atoms with Crippen LogP contribution in [0.2, 0.25) is 0 Å². The van der Waals surface area contributed by atoms with Crippen LogP contribution in [0.15, 0.2) is 96.0 Å². The van der Waals surface area contributed by atoms with Crippen molar-refractivity contribution in [3.8, 4) is 0 Å². The molecule has 0 saturated heterocycles. The number of aliphatic imine (C=N–C) groups is 1. The van der Waals surface area contributed by atoms with Crippen LogP contribution in [0, 0.1) is 5.92 Å². The minimum Gasteiger partial charge on any atom is -0.372 e. The van der Waals surface area contributed by atoms with Gasteiger partial charge in [0.2, 0.25) is 5.91 Å². The Morgan fingerprint density at radius 1 is 0.867 bits per heavy atom. The van der Waals surface area contributed by atoms with Crippen LogP contribution in [-0.2, 0) is 10.2 Å². The molecule has 0 bridgehead atoms. The Morgan fingerprint density at radius 3 is 1.63 bits per heavy atom. The molecule has 2 unspecified atom stereocenters. The topological polar surface area (TPSA) is 93.5 Å². The number of primary amides is 1. The van der Waals surface area contributed by atoms with Gasteiger partial charge in [-0.1, -0.05) is 91.0 Å². The molecular weight excluding hydrogens is 372 g/mol. The van der Waals surface area contributed by atoms with Gasteiger partial charge in [0, 0.05) is 19.0 Å². The molecule has 1 heterocycles. The minimum absolute atomic E-state index is 0.133. The summed E-state index contributed by atoms with van der Waals surface area (Å²) in [6.07, 6.45) is 0. The average Bonchev–Trinajstić information content (AvgIpc) is 2.82. The van der Waals surface area contributed by atoms with Crippen molar-refractivity contribution >= 4 is 11.7 Å². The van der Waals surface area contributed by atoms with Crippen LogP contribution in [0.3, 0.4) is 0 Å². The average molecular weight is 399 g/mol. The highest BCUT2D eigenvalue weighted by Crippen LogP contribution is 2.40. The maximum Gasteiger partial charge on any atom is 0.234 e. The molecule has 30 heavy (non-hydrogen) atoms. The van der Waals surface area contributed by atoms with Crippen molar-refractivity contribution in [1.82, 2.24) is 5.32 Å². The molecule has 0 aliphatic carbocycles. The summed E-state index contributed by atoms with van der Waals surface area (Å²) >= 11 is 0. The van der Waals surface area contributed by atoms with E-state index in [0.29, 0.717) is 13.1 Å². The lowest BCUT2D eigenvalue weighted by atomic mass is 9.68. The number of amides is 1. The Morgan fingerprint density at radius 2 is 1.30 bits per heavy atom. The predicted octanol–water partition coefficient (Wildman–Crippen LogP) is 2.45. The van der Waals surface area contributed by atoms with Gasteiger partial charge in [-0.15, -0.1) is 0 Å². The number of benzene rings is 3. The molecule has 0 fully saturated rings. The van der Waals surface area contributed by atoms with E-state index in [9.17, 15) is 4.79 Å². The summed E-state index contributed by atoms with van der Waals surface area (Å²) in [4.78, 5) is 16.5. The van der Waals surface area contributed by atoms with Gasteiger partial charge in [0.15, 0.2) is 0 Å². The number of hydrogen-bond donors (Lipinski definition) is 3. The van der Waals surface area contributed by atoms with Crippen molar-refractivity contribution in [2.24, 2.45) is 22.4 Å². The van der Waals surface area contributed by atoms with Crippen molar-refractivity contribution in [2.45, 2.75) is 11.5 Å². The third-order valence-electron chi connectivity index (χ3n) is 5.83. The molecule has 2 atom stereocenters. The number of amidine groups is 1. The van der Waals surface area contributed by atoms with Crippen molar-refractivity contribution in [1.29, 1.82) is 0 Å². The Labute approximate surface area is 176 Å². The van der Waals surface area contributed by atoms with E-state index >= 15 is 0 Å². The third-order valence-corrected chi connectivity index (χ3v) is 5.83. The van der Waals surface area contributed by atoms with E-state index in [4.69, 9.17) is 16.5 Å². The molecule has 1 aliphatic heterocycles. The number of nitrogens with zero attached hydrogens (tertiary/aromatic N) is 1. The zero-order valence-corrected chi connectivity index (χ0v) is 16.7. The normalized spacial score (nSPS) is 17.5. The quantitative estimate of drug-likeness (QED) is 0.557. The van der Waals surface area contributed by atoms with E-state index in [1.807, 2.05) is 54.6 Å². The first-order valence-corrected chi connectivity index (χ1v) is 10.1. The molecule has 0 spiro atoms. The Bertz CT molecular complexity index is 922. The monoisotopic (exact) mass is 398 g/mol. The molecule has 4 rings (SSSR count). The SMILES string of the molecule is NC(=O)C(N)C1CN=C(C(c2ccccc2)(c2ccccc2)c2ccccc2)NC1. The first-order chi connectivity index (χ1) is 14.6. The third kappa shape index (κ3) is 3.48. The Balaban J connectivity index is 1.92. The predicted molar refractivity (Wildman–Crippen MR) is 120 cm³/mol. The van der Waals surface area contributed by atoms with Gasteiger partial charge in [0.1, 0.15) is 11.3 Å². The molecule has 5 nitrogen and oxygen atoms in total. The molecule has 0 radical (unpaired) electrons. The first kappa shape index (κ1) is 19.9. The van der Waals surface area contributed by atoms with Gasteiger partial charge in [-0.25, -0.2) is 0 Å². The number of nitrogens with one attached hydrogen (secondary N) is 1. The van der Waals surface area contributed by atoms with E-state index in [-0.39, 0.29) is 5.92 Å². The highest BCUT2D eigenvalue weighted by atomic mass is 16.1. The van der Waals surface area contributed by atoms with Gasteiger partial charge < -0.3 is 16.8 Å². The van der Waals surface area contributed by atoms with Crippen molar-refractivity contribution in [2.75, 3.05) is 13.1 Å². The van der Waals surface area contributed by atoms with Crippen molar-refractivity contribution in [3.63, 3.8) is 0 Å². The fourth-order valence-electron chi connectivity index (χ4n) is 4.26. The Kier molecular flexibility index (Phi) is 5.63. The number of nitrogens with two attached hydrogens (primary N) is 2. The van der Waals surface area contributed by atoms with Gasteiger partial charge in [-0.2, -0.15) is 0 Å². The van der Waals surface area contributed by atoms with Gasteiger partial charge in [-0.05, 0) is 16.7 Å². The summed E-state index contributed by atoms with van der Waals surface area (Å²) in [5.41, 5.74) is 14.2. The van der Waals surface area contributed by atoms with Crippen LogP contribution in [0.25, 0.3) is 0 Å². The molecule has 1 amide bonds. The van der Waals surface area contributed by atoms with Gasteiger partial charge in [0.25, 0.3) is 0 Å². The number of carbonyl (C=O) groups excluding carboxylic acids is 1. The molecule has 0 saturated carbocycles. The number of carbonyl (C=O) groups is 1. The van der Waals surface area contributed by atoms with Crippen molar-refractivity contribution < 1.29 is 4.79 Å². The first-order valence-electron chi connectivity index (χ1n) is 10.1. The summed E-state index contributed by atoms with van der Waals surface area (Å²) in [6.45, 7) is 0.984. The van der Waals surface area contributed by atoms with Crippen LogP contribution in [0.1, 0.15) is 16.7 Å². The van der Waals surface area contributed by atoms with Gasteiger partial charge in [0.05, 0.1) is 6.04 Å². The van der Waals surface area contributed by atoms with E-state index in [2.05, 4.69) is 41.7 Å². The second-order valence-corrected chi connectivity index (χ2v) is 7.61. The molecule has 5 heteroatoms. The van der Waals surface area contributed by atoms with Crippen LogP contribution >= 0.6 is 0 Å². The molecule has 3 aromatic rings. The summed E-state index contributed by atoms with van der Waals surface area (Å²) < 4.78 is 0. The lowest BCUT2D eigenvalue weighted by Gasteiger charge is -2.40. The van der Waals surface area contributed by atoms with Crippen molar-refractivity contribution in [3.05, 3.63) is 108 Å². The summed E-state index contributed by atoms with van der Waals surface area (Å²) in [6, 6.07) is 30.4. The second kappa shape index (κ2) is 8.51. The summed E-state index contributed by atoms with van der Waals surface area (Å²) in [7, 11) is 0. The molecule has 5 N–H and O–H groups in total. The maximum absolute atomic E-state index is 11.6. The van der Waals surface area contributed by atoms with Gasteiger partial charge in [-0.3, -0.25) is 9.79 Å². The van der Waals surface area contributed by atoms with Crippen LogP contribution in [-0.4, -0.2) is 30.9 Å². The van der Waals surface area contributed by atoms with E-state index in [1.165, 1.54) is 0 Å².